The van der Waals surface area contributed by atoms with Crippen LogP contribution in [-0.2, 0) is 6.42 Å². The summed E-state index contributed by atoms with van der Waals surface area (Å²) in [5, 5.41) is 3.53. The van der Waals surface area contributed by atoms with E-state index in [0.29, 0.717) is 11.9 Å². The lowest BCUT2D eigenvalue weighted by molar-refractivity contribution is 0.231. The van der Waals surface area contributed by atoms with Crippen LogP contribution in [0.25, 0.3) is 0 Å². The van der Waals surface area contributed by atoms with Crippen LogP contribution in [0.5, 0.6) is 5.88 Å². The number of hydrogen-bond donors (Lipinski definition) is 1. The smallest absolute Gasteiger partial charge is 0.216 e. The first kappa shape index (κ1) is 15.9. The molecule has 4 nitrogen and oxygen atoms in total. The van der Waals surface area contributed by atoms with E-state index in [0.717, 1.165) is 18.7 Å². The molecule has 0 aromatic carbocycles. The van der Waals surface area contributed by atoms with Gasteiger partial charge in [-0.15, -0.1) is 0 Å². The molecule has 1 N–H and O–H groups in total. The second kappa shape index (κ2) is 6.85. The van der Waals surface area contributed by atoms with Gasteiger partial charge in [0.25, 0.3) is 0 Å². The fraction of sp³-hybridized carbons (Fsp3) is 0.733. The normalized spacial score (nSPS) is 13.6. The summed E-state index contributed by atoms with van der Waals surface area (Å²) >= 11 is 0. The van der Waals surface area contributed by atoms with Crippen molar-refractivity contribution in [3.05, 3.63) is 18.1 Å². The van der Waals surface area contributed by atoms with Gasteiger partial charge in [0, 0.05) is 24.2 Å². The number of aromatic nitrogens is 2. The Balaban J connectivity index is 2.79. The van der Waals surface area contributed by atoms with Crippen LogP contribution in [0.1, 0.15) is 47.2 Å². The number of nitrogens with zero attached hydrogens (tertiary/aromatic N) is 2. The quantitative estimate of drug-likeness (QED) is 0.859. The molecule has 0 radical (unpaired) electrons. The number of ether oxygens (including phenoxy) is 1. The highest BCUT2D eigenvalue weighted by Crippen LogP contribution is 2.22. The molecule has 108 valence electrons. The van der Waals surface area contributed by atoms with Crippen LogP contribution in [0, 0.1) is 5.41 Å². The molecule has 1 heterocycles. The van der Waals surface area contributed by atoms with E-state index in [9.17, 15) is 0 Å². The maximum Gasteiger partial charge on any atom is 0.216 e. The topological polar surface area (TPSA) is 47.0 Å². The predicted octanol–water partition coefficient (Wildman–Crippen LogP) is 2.83. The lowest BCUT2D eigenvalue weighted by atomic mass is 9.84. The van der Waals surface area contributed by atoms with Crippen molar-refractivity contribution < 1.29 is 4.74 Å². The first-order valence-corrected chi connectivity index (χ1v) is 7.04. The number of hydrogen-bond acceptors (Lipinski definition) is 4. The minimum absolute atomic E-state index is 0.134. The molecule has 0 spiro atoms. The molecule has 1 aromatic rings. The minimum Gasteiger partial charge on any atom is -0.475 e. The largest absolute Gasteiger partial charge is 0.475 e. The van der Waals surface area contributed by atoms with E-state index in [4.69, 9.17) is 4.74 Å². The minimum atomic E-state index is 0.134. The fourth-order valence-corrected chi connectivity index (χ4v) is 1.93. The first-order chi connectivity index (χ1) is 8.82. The Morgan fingerprint density at radius 1 is 1.26 bits per heavy atom. The summed E-state index contributed by atoms with van der Waals surface area (Å²) in [5.41, 5.74) is 1.21. The molecule has 0 amide bonds. The van der Waals surface area contributed by atoms with Crippen LogP contribution in [0.3, 0.4) is 0 Å². The van der Waals surface area contributed by atoms with Crippen LogP contribution in [0.4, 0.5) is 0 Å². The predicted molar refractivity (Wildman–Crippen MR) is 78.4 cm³/mol. The highest BCUT2D eigenvalue weighted by molar-refractivity contribution is 5.15. The van der Waals surface area contributed by atoms with E-state index in [1.54, 1.807) is 6.33 Å². The van der Waals surface area contributed by atoms with Crippen molar-refractivity contribution in [3.63, 3.8) is 0 Å². The van der Waals surface area contributed by atoms with Crippen molar-refractivity contribution in [3.8, 4) is 5.88 Å². The van der Waals surface area contributed by atoms with Gasteiger partial charge in [-0.05, 0) is 25.8 Å². The van der Waals surface area contributed by atoms with Crippen molar-refractivity contribution >= 4 is 0 Å². The van der Waals surface area contributed by atoms with Gasteiger partial charge in [-0.3, -0.25) is 0 Å². The molecule has 0 saturated heterocycles. The van der Waals surface area contributed by atoms with Gasteiger partial charge in [0.05, 0.1) is 6.10 Å². The van der Waals surface area contributed by atoms with Crippen LogP contribution in [-0.4, -0.2) is 28.7 Å². The van der Waals surface area contributed by atoms with E-state index < -0.39 is 0 Å². The van der Waals surface area contributed by atoms with E-state index >= 15 is 0 Å². The molecule has 0 bridgehead atoms. The zero-order valence-corrected chi connectivity index (χ0v) is 13.0. The lowest BCUT2D eigenvalue weighted by Gasteiger charge is -2.31. The summed E-state index contributed by atoms with van der Waals surface area (Å²) in [6.07, 6.45) is 2.60. The van der Waals surface area contributed by atoms with Gasteiger partial charge in [0.1, 0.15) is 6.33 Å². The number of nitrogens with one attached hydrogen (secondary N) is 1. The second-order valence-corrected chi connectivity index (χ2v) is 6.19. The summed E-state index contributed by atoms with van der Waals surface area (Å²) in [4.78, 5) is 8.49. The molecule has 1 aromatic heterocycles. The molecule has 1 rings (SSSR count). The SMILES string of the molecule is CCNC(Cc1cc(OC(C)C)ncn1)C(C)(C)C. The third kappa shape index (κ3) is 5.55. The summed E-state index contributed by atoms with van der Waals surface area (Å²) < 4.78 is 5.61. The van der Waals surface area contributed by atoms with E-state index in [1.807, 2.05) is 19.9 Å². The van der Waals surface area contributed by atoms with Gasteiger partial charge in [0.15, 0.2) is 0 Å². The third-order valence-electron chi connectivity index (χ3n) is 2.96. The number of likely N-dealkylation sites (N-methyl/N-ethyl adjacent to an activating group) is 1. The Hall–Kier alpha value is -1.16. The Kier molecular flexibility index (Phi) is 5.73. The molecule has 4 heteroatoms. The van der Waals surface area contributed by atoms with E-state index in [-0.39, 0.29) is 11.5 Å². The Labute approximate surface area is 117 Å². The molecule has 1 atom stereocenters. The zero-order valence-electron chi connectivity index (χ0n) is 13.0. The molecular formula is C15H27N3O. The van der Waals surface area contributed by atoms with Crippen molar-refractivity contribution in [2.45, 2.75) is 60.1 Å². The molecular weight excluding hydrogens is 238 g/mol. The molecule has 0 aliphatic heterocycles. The van der Waals surface area contributed by atoms with Gasteiger partial charge in [-0.1, -0.05) is 27.7 Å². The molecule has 0 fully saturated rings. The van der Waals surface area contributed by atoms with Crippen LogP contribution in [0.15, 0.2) is 12.4 Å². The Morgan fingerprint density at radius 3 is 2.47 bits per heavy atom. The summed E-state index contributed by atoms with van der Waals surface area (Å²) in [7, 11) is 0. The summed E-state index contributed by atoms with van der Waals surface area (Å²) in [6.45, 7) is 13.8. The maximum absolute atomic E-state index is 5.61. The Bertz CT molecular complexity index is 385. The first-order valence-electron chi connectivity index (χ1n) is 7.04. The van der Waals surface area contributed by atoms with Crippen molar-refractivity contribution in [1.29, 1.82) is 0 Å². The zero-order chi connectivity index (χ0) is 14.5. The average Bonchev–Trinajstić information content (AvgIpc) is 2.26. The summed E-state index contributed by atoms with van der Waals surface area (Å²) in [6, 6.07) is 2.33. The summed E-state index contributed by atoms with van der Waals surface area (Å²) in [5.74, 6) is 0.657. The molecule has 0 aliphatic rings. The molecule has 0 aliphatic carbocycles. The van der Waals surface area contributed by atoms with Crippen molar-refractivity contribution in [1.82, 2.24) is 15.3 Å². The van der Waals surface area contributed by atoms with Crippen LogP contribution >= 0.6 is 0 Å². The molecule has 1 unspecified atom stereocenters. The van der Waals surface area contributed by atoms with Crippen molar-refractivity contribution in [2.24, 2.45) is 5.41 Å². The highest BCUT2D eigenvalue weighted by atomic mass is 16.5. The average molecular weight is 265 g/mol. The van der Waals surface area contributed by atoms with Crippen molar-refractivity contribution in [2.75, 3.05) is 6.54 Å². The molecule has 0 saturated carbocycles. The molecule has 19 heavy (non-hydrogen) atoms. The van der Waals surface area contributed by atoms with Gasteiger partial charge in [-0.2, -0.15) is 0 Å². The lowest BCUT2D eigenvalue weighted by Crippen LogP contribution is -2.42. The Morgan fingerprint density at radius 2 is 1.95 bits per heavy atom. The third-order valence-corrected chi connectivity index (χ3v) is 2.96. The fourth-order valence-electron chi connectivity index (χ4n) is 1.93. The monoisotopic (exact) mass is 265 g/mol. The standard InChI is InChI=1S/C15H27N3O/c1-7-16-13(15(4,5)6)8-12-9-14(18-10-17-12)19-11(2)3/h9-11,13,16H,7-8H2,1-6H3. The maximum atomic E-state index is 5.61. The van der Waals surface area contributed by atoms with Crippen LogP contribution < -0.4 is 10.1 Å². The van der Waals surface area contributed by atoms with E-state index in [2.05, 4.69) is 43.0 Å². The highest BCUT2D eigenvalue weighted by Gasteiger charge is 2.24. The van der Waals surface area contributed by atoms with Gasteiger partial charge >= 0.3 is 0 Å². The van der Waals surface area contributed by atoms with Gasteiger partial charge in [-0.25, -0.2) is 9.97 Å². The number of rotatable bonds is 6. The van der Waals surface area contributed by atoms with Gasteiger partial charge < -0.3 is 10.1 Å². The van der Waals surface area contributed by atoms with Crippen LogP contribution in [0.2, 0.25) is 0 Å². The van der Waals surface area contributed by atoms with E-state index in [1.165, 1.54) is 0 Å². The van der Waals surface area contributed by atoms with Gasteiger partial charge in [0.2, 0.25) is 5.88 Å². The second-order valence-electron chi connectivity index (χ2n) is 6.19.